The van der Waals surface area contributed by atoms with Gasteiger partial charge in [-0.25, -0.2) is 0 Å². The summed E-state index contributed by atoms with van der Waals surface area (Å²) in [6.45, 7) is 2.01. The van der Waals surface area contributed by atoms with E-state index in [0.717, 1.165) is 29.0 Å². The van der Waals surface area contributed by atoms with Gasteiger partial charge in [0.2, 0.25) is 5.91 Å². The van der Waals surface area contributed by atoms with Crippen LogP contribution in [-0.2, 0) is 17.6 Å². The molecule has 2 aliphatic rings. The van der Waals surface area contributed by atoms with Gasteiger partial charge in [0, 0.05) is 16.6 Å². The Balaban J connectivity index is 1.70. The van der Waals surface area contributed by atoms with Crippen LogP contribution in [0.1, 0.15) is 70.6 Å². The minimum absolute atomic E-state index is 0.0506. The molecule has 2 aromatic rings. The molecule has 2 N–H and O–H groups in total. The number of thiophene rings is 1. The molecule has 0 spiro atoms. The van der Waals surface area contributed by atoms with Crippen molar-refractivity contribution in [3.8, 4) is 0 Å². The lowest BCUT2D eigenvalue weighted by Crippen LogP contribution is -2.45. The van der Waals surface area contributed by atoms with Crippen molar-refractivity contribution >= 4 is 28.8 Å². The van der Waals surface area contributed by atoms with E-state index in [1.165, 1.54) is 36.1 Å². The number of carbonyl (C=O) groups excluding carboxylic acids is 2. The molecule has 2 unspecified atom stereocenters. The van der Waals surface area contributed by atoms with Gasteiger partial charge in [0.25, 0.3) is 5.91 Å². The molecular weight excluding hydrogens is 356 g/mol. The highest BCUT2D eigenvalue weighted by Gasteiger charge is 2.36. The van der Waals surface area contributed by atoms with Crippen molar-refractivity contribution in [2.75, 3.05) is 4.90 Å². The Hall–Kier alpha value is -2.14. The quantitative estimate of drug-likeness (QED) is 0.836. The normalized spacial score (nSPS) is 22.3. The van der Waals surface area contributed by atoms with Gasteiger partial charge in [0.15, 0.2) is 0 Å². The van der Waals surface area contributed by atoms with E-state index in [0.29, 0.717) is 6.42 Å². The maximum atomic E-state index is 13.5. The number of hydrogen-bond donors (Lipinski definition) is 1. The maximum absolute atomic E-state index is 13.5. The Labute approximate surface area is 164 Å². The van der Waals surface area contributed by atoms with Crippen molar-refractivity contribution in [3.63, 3.8) is 0 Å². The van der Waals surface area contributed by atoms with Crippen molar-refractivity contribution in [3.05, 3.63) is 51.2 Å². The Morgan fingerprint density at radius 3 is 2.63 bits per heavy atom. The van der Waals surface area contributed by atoms with Crippen molar-refractivity contribution < 1.29 is 9.59 Å². The summed E-state index contributed by atoms with van der Waals surface area (Å²) in [5.74, 6) is -0.598. The fourth-order valence-corrected chi connectivity index (χ4v) is 5.65. The summed E-state index contributed by atoms with van der Waals surface area (Å²) >= 11 is 1.66. The lowest BCUT2D eigenvalue weighted by Gasteiger charge is -2.38. The summed E-state index contributed by atoms with van der Waals surface area (Å²) < 4.78 is 0. The number of nitrogens with zero attached hydrogens (tertiary/aromatic N) is 1. The van der Waals surface area contributed by atoms with Crippen molar-refractivity contribution in [1.29, 1.82) is 0 Å². The molecule has 1 aromatic carbocycles. The van der Waals surface area contributed by atoms with Crippen LogP contribution in [0.5, 0.6) is 0 Å². The highest BCUT2D eigenvalue weighted by molar-refractivity contribution is 7.14. The van der Waals surface area contributed by atoms with E-state index in [4.69, 9.17) is 5.73 Å². The number of amides is 2. The summed E-state index contributed by atoms with van der Waals surface area (Å²) in [4.78, 5) is 29.5. The third kappa shape index (κ3) is 3.41. The monoisotopic (exact) mass is 382 g/mol. The van der Waals surface area contributed by atoms with Crippen LogP contribution in [0.3, 0.4) is 0 Å². The van der Waals surface area contributed by atoms with Crippen molar-refractivity contribution in [2.45, 2.75) is 63.8 Å². The van der Waals surface area contributed by atoms with Gasteiger partial charge in [-0.1, -0.05) is 31.0 Å². The largest absolute Gasteiger partial charge is 0.369 e. The molecule has 0 fully saturated rings. The second kappa shape index (κ2) is 7.47. The fourth-order valence-electron chi connectivity index (χ4n) is 4.46. The summed E-state index contributed by atoms with van der Waals surface area (Å²) in [6, 6.07) is 9.73. The second-order valence-electron chi connectivity index (χ2n) is 7.75. The average molecular weight is 383 g/mol. The molecule has 142 valence electrons. The molecule has 27 heavy (non-hydrogen) atoms. The van der Waals surface area contributed by atoms with Crippen LogP contribution < -0.4 is 10.6 Å². The summed E-state index contributed by atoms with van der Waals surface area (Å²) in [5.41, 5.74) is 8.68. The van der Waals surface area contributed by atoms with E-state index < -0.39 is 0 Å². The van der Waals surface area contributed by atoms with Crippen LogP contribution in [0.2, 0.25) is 0 Å². The van der Waals surface area contributed by atoms with Gasteiger partial charge in [-0.3, -0.25) is 9.59 Å². The molecule has 4 rings (SSSR count). The highest BCUT2D eigenvalue weighted by Crippen LogP contribution is 2.40. The standard InChI is InChI=1S/C22H26N2O2S/c1-14-12-17(21(23)25)16-9-6-7-10-18(16)24(14)22(26)20-13-15-8-4-2-3-5-11-19(15)27-20/h6-7,9-10,13-14,17H,2-5,8,11-12H2,1H3,(H2,23,25). The first-order valence-corrected chi connectivity index (χ1v) is 10.7. The summed E-state index contributed by atoms with van der Waals surface area (Å²) in [5, 5.41) is 0. The fraction of sp³-hybridized carbons (Fsp3) is 0.455. The molecule has 5 heteroatoms. The molecular formula is C22H26N2O2S. The number of carbonyl (C=O) groups is 2. The van der Waals surface area contributed by atoms with E-state index in [2.05, 4.69) is 6.07 Å². The van der Waals surface area contributed by atoms with Crippen LogP contribution in [0.4, 0.5) is 5.69 Å². The maximum Gasteiger partial charge on any atom is 0.268 e. The minimum Gasteiger partial charge on any atom is -0.369 e. The van der Waals surface area contributed by atoms with Gasteiger partial charge in [0.1, 0.15) is 0 Å². The van der Waals surface area contributed by atoms with Crippen molar-refractivity contribution in [2.24, 2.45) is 5.73 Å². The highest BCUT2D eigenvalue weighted by atomic mass is 32.1. The second-order valence-corrected chi connectivity index (χ2v) is 8.88. The van der Waals surface area contributed by atoms with Gasteiger partial charge >= 0.3 is 0 Å². The molecule has 2 atom stereocenters. The third-order valence-corrected chi connectivity index (χ3v) is 7.08. The zero-order valence-corrected chi connectivity index (χ0v) is 16.6. The Morgan fingerprint density at radius 2 is 1.85 bits per heavy atom. The molecule has 0 saturated heterocycles. The average Bonchev–Trinajstić information content (AvgIpc) is 3.02. The number of aryl methyl sites for hydroxylation is 2. The van der Waals surface area contributed by atoms with Crippen LogP contribution in [0.25, 0.3) is 0 Å². The first-order chi connectivity index (χ1) is 13.1. The van der Waals surface area contributed by atoms with Gasteiger partial charge in [0.05, 0.1) is 10.8 Å². The number of benzene rings is 1. The van der Waals surface area contributed by atoms with Crippen molar-refractivity contribution in [1.82, 2.24) is 0 Å². The Morgan fingerprint density at radius 1 is 1.11 bits per heavy atom. The molecule has 1 aromatic heterocycles. The Kier molecular flexibility index (Phi) is 5.04. The van der Waals surface area contributed by atoms with Crippen LogP contribution in [-0.4, -0.2) is 17.9 Å². The number of primary amides is 1. The number of anilines is 1. The van der Waals surface area contributed by atoms with Crippen LogP contribution in [0.15, 0.2) is 30.3 Å². The minimum atomic E-state index is -0.330. The molecule has 0 saturated carbocycles. The summed E-state index contributed by atoms with van der Waals surface area (Å²) in [7, 11) is 0. The first kappa shape index (κ1) is 18.2. The number of rotatable bonds is 2. The van der Waals surface area contributed by atoms with Crippen LogP contribution in [0, 0.1) is 0 Å². The van der Waals surface area contributed by atoms with E-state index in [-0.39, 0.29) is 23.8 Å². The van der Waals surface area contributed by atoms with Gasteiger partial charge in [-0.2, -0.15) is 0 Å². The predicted octanol–water partition coefficient (Wildman–Crippen LogP) is 4.42. The third-order valence-electron chi connectivity index (χ3n) is 5.86. The number of nitrogens with two attached hydrogens (primary N) is 1. The van der Waals surface area contributed by atoms with Gasteiger partial charge in [-0.05, 0) is 62.3 Å². The molecule has 2 heterocycles. The molecule has 2 amide bonds. The molecule has 0 bridgehead atoms. The number of para-hydroxylation sites is 1. The zero-order valence-electron chi connectivity index (χ0n) is 15.7. The molecule has 1 aliphatic heterocycles. The van der Waals surface area contributed by atoms with E-state index in [1.807, 2.05) is 36.1 Å². The summed E-state index contributed by atoms with van der Waals surface area (Å²) in [6.07, 6.45) is 7.72. The molecule has 4 nitrogen and oxygen atoms in total. The Bertz CT molecular complexity index is 847. The smallest absolute Gasteiger partial charge is 0.268 e. The zero-order chi connectivity index (χ0) is 19.0. The lowest BCUT2D eigenvalue weighted by molar-refractivity contribution is -0.119. The predicted molar refractivity (Wildman–Crippen MR) is 109 cm³/mol. The van der Waals surface area contributed by atoms with E-state index in [1.54, 1.807) is 11.3 Å². The SMILES string of the molecule is CC1CC(C(N)=O)c2ccccc2N1C(=O)c1cc2c(s1)CCCCCC2. The first-order valence-electron chi connectivity index (χ1n) is 9.89. The number of fused-ring (bicyclic) bond motifs is 2. The van der Waals surface area contributed by atoms with Crippen LogP contribution >= 0.6 is 11.3 Å². The molecule has 1 aliphatic carbocycles. The lowest BCUT2D eigenvalue weighted by atomic mass is 9.85. The number of hydrogen-bond acceptors (Lipinski definition) is 3. The molecule has 0 radical (unpaired) electrons. The van der Waals surface area contributed by atoms with E-state index in [9.17, 15) is 9.59 Å². The van der Waals surface area contributed by atoms with E-state index >= 15 is 0 Å². The topological polar surface area (TPSA) is 63.4 Å². The van der Waals surface area contributed by atoms with Gasteiger partial charge < -0.3 is 10.6 Å². The van der Waals surface area contributed by atoms with Gasteiger partial charge in [-0.15, -0.1) is 11.3 Å².